The predicted molar refractivity (Wildman–Crippen MR) is 85.1 cm³/mol. The molecule has 1 saturated heterocycles. The van der Waals surface area contributed by atoms with Gasteiger partial charge in [0, 0.05) is 31.5 Å². The lowest BCUT2D eigenvalue weighted by Gasteiger charge is -2.39. The molecule has 1 spiro atoms. The van der Waals surface area contributed by atoms with Crippen LogP contribution in [0.3, 0.4) is 0 Å². The Balaban J connectivity index is 1.70. The first-order chi connectivity index (χ1) is 11.6. The van der Waals surface area contributed by atoms with Crippen LogP contribution in [-0.4, -0.2) is 59.5 Å². The molecule has 0 aromatic heterocycles. The van der Waals surface area contributed by atoms with Gasteiger partial charge in [-0.05, 0) is 49.1 Å². The van der Waals surface area contributed by atoms with E-state index in [1.165, 1.54) is 12.7 Å². The van der Waals surface area contributed by atoms with Crippen LogP contribution in [-0.2, 0) is 11.2 Å². The molecule has 4 aliphatic rings. The molecule has 3 heterocycles. The summed E-state index contributed by atoms with van der Waals surface area (Å²) in [6.07, 6.45) is 2.45. The van der Waals surface area contributed by atoms with Gasteiger partial charge in [-0.15, -0.1) is 0 Å². The third-order valence-corrected chi connectivity index (χ3v) is 6.56. The van der Waals surface area contributed by atoms with Gasteiger partial charge in [-0.2, -0.15) is 0 Å². The Morgan fingerprint density at radius 3 is 2.83 bits per heavy atom. The first-order valence-electron chi connectivity index (χ1n) is 8.70. The molecule has 24 heavy (non-hydrogen) atoms. The lowest BCUT2D eigenvalue weighted by Crippen LogP contribution is -2.46. The van der Waals surface area contributed by atoms with Crippen molar-refractivity contribution in [3.05, 3.63) is 23.3 Å². The van der Waals surface area contributed by atoms with Gasteiger partial charge in [0.15, 0.2) is 17.3 Å². The minimum absolute atomic E-state index is 0.183. The smallest absolute Gasteiger partial charge is 0.231 e. The number of hydrogen-bond acceptors (Lipinski definition) is 6. The quantitative estimate of drug-likeness (QED) is 0.747. The minimum Gasteiger partial charge on any atom is -0.454 e. The number of aliphatic hydroxyl groups excluding tert-OH is 1. The van der Waals surface area contributed by atoms with E-state index in [0.29, 0.717) is 6.42 Å². The second kappa shape index (κ2) is 4.85. The van der Waals surface area contributed by atoms with Crippen molar-refractivity contribution in [1.82, 2.24) is 4.90 Å². The number of hydrogen-bond donors (Lipinski definition) is 2. The number of nitrogens with zero attached hydrogens (tertiary/aromatic N) is 1. The summed E-state index contributed by atoms with van der Waals surface area (Å²) in [5.41, 5.74) is 2.00. The molecule has 0 unspecified atom stereocenters. The van der Waals surface area contributed by atoms with Crippen molar-refractivity contribution in [2.75, 3.05) is 27.0 Å². The van der Waals surface area contributed by atoms with Crippen LogP contribution < -0.4 is 9.47 Å². The van der Waals surface area contributed by atoms with E-state index < -0.39 is 11.9 Å². The second-order valence-corrected chi connectivity index (χ2v) is 7.50. The summed E-state index contributed by atoms with van der Waals surface area (Å²) in [6, 6.07) is 4.06. The van der Waals surface area contributed by atoms with E-state index in [4.69, 9.17) is 14.2 Å². The Kier molecular flexibility index (Phi) is 3.02. The van der Waals surface area contributed by atoms with Gasteiger partial charge in [-0.1, -0.05) is 0 Å². The number of aliphatic hydroxyl groups is 2. The van der Waals surface area contributed by atoms with E-state index in [1.807, 2.05) is 12.1 Å². The van der Waals surface area contributed by atoms with E-state index in [-0.39, 0.29) is 18.2 Å². The summed E-state index contributed by atoms with van der Waals surface area (Å²) in [7, 11) is 1.48. The van der Waals surface area contributed by atoms with Gasteiger partial charge in [-0.3, -0.25) is 4.90 Å². The van der Waals surface area contributed by atoms with Crippen LogP contribution in [0, 0.1) is 0 Å². The number of rotatable bonds is 1. The average molecular weight is 333 g/mol. The Bertz CT molecular complexity index is 694. The number of ether oxygens (including phenoxy) is 3. The zero-order valence-corrected chi connectivity index (χ0v) is 13.8. The molecule has 0 bridgehead atoms. The number of fused-ring (bicyclic) bond motifs is 3. The third-order valence-electron chi connectivity index (χ3n) is 6.56. The molecule has 1 aromatic carbocycles. The average Bonchev–Trinajstić information content (AvgIpc) is 3.22. The molecule has 5 rings (SSSR count). The van der Waals surface area contributed by atoms with E-state index in [2.05, 4.69) is 4.90 Å². The molecule has 130 valence electrons. The minimum atomic E-state index is -1.50. The normalized spacial score (nSPS) is 40.1. The number of benzene rings is 1. The molecule has 0 radical (unpaired) electrons. The molecular formula is C18H23NO5. The maximum atomic E-state index is 11.0. The molecule has 2 N–H and O–H groups in total. The van der Waals surface area contributed by atoms with Crippen molar-refractivity contribution < 1.29 is 24.4 Å². The van der Waals surface area contributed by atoms with Crippen molar-refractivity contribution in [1.29, 1.82) is 0 Å². The summed E-state index contributed by atoms with van der Waals surface area (Å²) in [5.74, 6) is -0.176. The van der Waals surface area contributed by atoms with Gasteiger partial charge in [0.2, 0.25) is 6.79 Å². The molecule has 2 fully saturated rings. The van der Waals surface area contributed by atoms with Crippen molar-refractivity contribution in [2.24, 2.45) is 0 Å². The summed E-state index contributed by atoms with van der Waals surface area (Å²) in [4.78, 5) is 2.45. The van der Waals surface area contributed by atoms with E-state index in [0.717, 1.165) is 49.4 Å². The second-order valence-electron chi connectivity index (χ2n) is 7.50. The zero-order chi connectivity index (χ0) is 16.5. The van der Waals surface area contributed by atoms with Gasteiger partial charge >= 0.3 is 0 Å². The molecule has 3 aliphatic heterocycles. The van der Waals surface area contributed by atoms with Crippen LogP contribution in [0.1, 0.15) is 36.3 Å². The van der Waals surface area contributed by atoms with Crippen molar-refractivity contribution in [2.45, 2.75) is 49.0 Å². The fourth-order valence-corrected chi connectivity index (χ4v) is 5.46. The summed E-state index contributed by atoms with van der Waals surface area (Å²) in [5, 5.41) is 21.9. The van der Waals surface area contributed by atoms with E-state index in [9.17, 15) is 10.2 Å². The van der Waals surface area contributed by atoms with Crippen LogP contribution in [0.15, 0.2) is 12.1 Å². The van der Waals surface area contributed by atoms with Crippen molar-refractivity contribution in [3.8, 4) is 11.5 Å². The fraction of sp³-hybridized carbons (Fsp3) is 0.667. The van der Waals surface area contributed by atoms with Crippen LogP contribution in [0.2, 0.25) is 0 Å². The lowest BCUT2D eigenvalue weighted by atomic mass is 9.78. The fourth-order valence-electron chi connectivity index (χ4n) is 5.46. The maximum absolute atomic E-state index is 11.0. The highest BCUT2D eigenvalue weighted by Crippen LogP contribution is 2.58. The van der Waals surface area contributed by atoms with Gasteiger partial charge in [0.1, 0.15) is 6.10 Å². The van der Waals surface area contributed by atoms with E-state index in [1.54, 1.807) is 0 Å². The Hall–Kier alpha value is -1.34. The largest absolute Gasteiger partial charge is 0.454 e. The Morgan fingerprint density at radius 2 is 2.04 bits per heavy atom. The molecule has 0 amide bonds. The summed E-state index contributed by atoms with van der Waals surface area (Å²) >= 11 is 0. The van der Waals surface area contributed by atoms with Gasteiger partial charge in [0.05, 0.1) is 0 Å². The molecule has 1 aromatic rings. The van der Waals surface area contributed by atoms with Crippen LogP contribution in [0.25, 0.3) is 0 Å². The maximum Gasteiger partial charge on any atom is 0.231 e. The highest BCUT2D eigenvalue weighted by atomic mass is 16.7. The summed E-state index contributed by atoms with van der Waals surface area (Å²) in [6.45, 7) is 2.17. The van der Waals surface area contributed by atoms with Crippen LogP contribution in [0.5, 0.6) is 11.5 Å². The SMILES string of the molecule is CO[C@]1(O)C[C@@]23CCCN2CCc2cc4c(cc2[C@@H]3[C@H]1O)OCO4. The topological polar surface area (TPSA) is 71.4 Å². The molecule has 4 atom stereocenters. The lowest BCUT2D eigenvalue weighted by molar-refractivity contribution is -0.231. The van der Waals surface area contributed by atoms with Gasteiger partial charge in [-0.25, -0.2) is 0 Å². The molecule has 1 saturated carbocycles. The Morgan fingerprint density at radius 1 is 1.25 bits per heavy atom. The summed E-state index contributed by atoms with van der Waals surface area (Å²) < 4.78 is 16.5. The Labute approximate surface area is 140 Å². The zero-order valence-electron chi connectivity index (χ0n) is 13.8. The molecule has 6 heteroatoms. The van der Waals surface area contributed by atoms with Crippen LogP contribution >= 0.6 is 0 Å². The third kappa shape index (κ3) is 1.74. The monoisotopic (exact) mass is 333 g/mol. The molecule has 1 aliphatic carbocycles. The van der Waals surface area contributed by atoms with Crippen molar-refractivity contribution in [3.63, 3.8) is 0 Å². The highest BCUT2D eigenvalue weighted by Gasteiger charge is 2.65. The van der Waals surface area contributed by atoms with Gasteiger partial charge in [0.25, 0.3) is 0 Å². The number of methoxy groups -OCH3 is 1. The van der Waals surface area contributed by atoms with Crippen molar-refractivity contribution >= 4 is 0 Å². The molecule has 6 nitrogen and oxygen atoms in total. The van der Waals surface area contributed by atoms with Gasteiger partial charge < -0.3 is 24.4 Å². The first-order valence-corrected chi connectivity index (χ1v) is 8.70. The molecular weight excluding hydrogens is 310 g/mol. The highest BCUT2D eigenvalue weighted by molar-refractivity contribution is 5.52. The predicted octanol–water partition coefficient (Wildman–Crippen LogP) is 0.989. The standard InChI is InChI=1S/C18H23NO5/c1-22-18(21)9-17-4-2-5-19(17)6-3-11-7-13-14(24-10-23-13)8-12(11)15(17)16(18)20/h7-8,15-16,20-21H,2-6,9-10H2,1H3/t15-,16-,17-,18-/m1/s1. The van der Waals surface area contributed by atoms with E-state index >= 15 is 0 Å². The first kappa shape index (κ1) is 15.0. The van der Waals surface area contributed by atoms with Crippen LogP contribution in [0.4, 0.5) is 0 Å².